The molecule has 0 spiro atoms. The fourth-order valence-electron chi connectivity index (χ4n) is 4.63. The molecule has 6 nitrogen and oxygen atoms in total. The van der Waals surface area contributed by atoms with Gasteiger partial charge in [0.25, 0.3) is 0 Å². The molecule has 0 aliphatic carbocycles. The predicted molar refractivity (Wildman–Crippen MR) is 163 cm³/mol. The van der Waals surface area contributed by atoms with E-state index in [0.717, 1.165) is 73.6 Å². The number of unbranched alkanes of at least 4 members (excludes halogenated alkanes) is 4. The first-order valence-electron chi connectivity index (χ1n) is 15.2. The molecule has 0 aliphatic heterocycles. The van der Waals surface area contributed by atoms with Crippen molar-refractivity contribution < 1.29 is 28.8 Å². The lowest BCUT2D eigenvalue weighted by atomic mass is 9.89. The maximum absolute atomic E-state index is 11.7. The number of benzene rings is 1. The molecule has 0 saturated carbocycles. The van der Waals surface area contributed by atoms with Gasteiger partial charge in [-0.1, -0.05) is 82.3 Å². The van der Waals surface area contributed by atoms with Crippen molar-refractivity contribution in [3.05, 3.63) is 33.8 Å². The van der Waals surface area contributed by atoms with Gasteiger partial charge in [0.1, 0.15) is 24.4 Å². The summed E-state index contributed by atoms with van der Waals surface area (Å²) in [5, 5.41) is 11.7. The molecule has 0 aromatic heterocycles. The summed E-state index contributed by atoms with van der Waals surface area (Å²) >= 11 is 3.54. The molecule has 1 N–H and O–H groups in total. The highest BCUT2D eigenvalue weighted by Gasteiger charge is 2.43. The Morgan fingerprint density at radius 1 is 0.744 bits per heavy atom. The summed E-state index contributed by atoms with van der Waals surface area (Å²) in [5.74, 6) is 0.0756. The number of hydrogen-bond donors (Lipinski definition) is 1. The van der Waals surface area contributed by atoms with Crippen LogP contribution in [-0.2, 0) is 23.7 Å². The third kappa shape index (κ3) is 13.3. The van der Waals surface area contributed by atoms with Gasteiger partial charge in [-0.15, -0.1) is 0 Å². The maximum atomic E-state index is 11.7. The topological polar surface area (TPSA) is 66.4 Å². The third-order valence-corrected chi connectivity index (χ3v) is 7.61. The van der Waals surface area contributed by atoms with Crippen LogP contribution in [0.25, 0.3) is 0 Å². The number of aliphatic hydroxyl groups is 1. The first kappa shape index (κ1) is 36.5. The van der Waals surface area contributed by atoms with Crippen molar-refractivity contribution in [2.75, 3.05) is 40.1 Å². The largest absolute Gasteiger partial charge is 0.386 e. The van der Waals surface area contributed by atoms with Gasteiger partial charge < -0.3 is 28.8 Å². The lowest BCUT2D eigenvalue weighted by Crippen LogP contribution is -2.53. The number of hydrogen-bond acceptors (Lipinski definition) is 6. The summed E-state index contributed by atoms with van der Waals surface area (Å²) in [6, 6.07) is 5.91. The number of aliphatic hydroxyl groups excluding tert-OH is 1. The molecule has 0 radical (unpaired) electrons. The number of ether oxygens (including phenoxy) is 5. The van der Waals surface area contributed by atoms with Crippen LogP contribution in [0.4, 0.5) is 0 Å². The summed E-state index contributed by atoms with van der Waals surface area (Å²) in [6.07, 6.45) is 5.30. The Kier molecular flexibility index (Phi) is 20.7. The van der Waals surface area contributed by atoms with Gasteiger partial charge in [0.15, 0.2) is 0 Å². The van der Waals surface area contributed by atoms with Crippen LogP contribution in [0.15, 0.2) is 22.7 Å². The number of halogens is 1. The zero-order valence-electron chi connectivity index (χ0n) is 25.8. The molecule has 1 rings (SSSR count). The van der Waals surface area contributed by atoms with Crippen molar-refractivity contribution in [2.45, 2.75) is 123 Å². The monoisotopic (exact) mass is 616 g/mol. The SMILES string of the molecule is CCCCOCC(C)[C@@H](OCCCC)[C@H](OCCCC)C(OCCCC)[C@H](OC)[C@@H](O)c1ccc(Br)cc1C. The molecule has 39 heavy (non-hydrogen) atoms. The first-order chi connectivity index (χ1) is 18.9. The highest BCUT2D eigenvalue weighted by atomic mass is 79.9. The van der Waals surface area contributed by atoms with Gasteiger partial charge in [-0.05, 0) is 55.9 Å². The Hall–Kier alpha value is -0.540. The van der Waals surface area contributed by atoms with E-state index in [0.29, 0.717) is 26.4 Å². The average Bonchev–Trinajstić information content (AvgIpc) is 2.91. The quantitative estimate of drug-likeness (QED) is 0.119. The smallest absolute Gasteiger partial charge is 0.116 e. The highest BCUT2D eigenvalue weighted by molar-refractivity contribution is 9.10. The van der Waals surface area contributed by atoms with E-state index in [2.05, 4.69) is 50.5 Å². The van der Waals surface area contributed by atoms with Gasteiger partial charge in [0, 0.05) is 43.9 Å². The van der Waals surface area contributed by atoms with Gasteiger partial charge in [-0.25, -0.2) is 0 Å². The summed E-state index contributed by atoms with van der Waals surface area (Å²) in [6.45, 7) is 15.9. The molecule has 0 amide bonds. The molecule has 0 fully saturated rings. The van der Waals surface area contributed by atoms with Crippen LogP contribution in [-0.4, -0.2) is 69.7 Å². The van der Waals surface area contributed by atoms with E-state index < -0.39 is 24.4 Å². The number of methoxy groups -OCH3 is 1. The van der Waals surface area contributed by atoms with Crippen molar-refractivity contribution in [1.29, 1.82) is 0 Å². The van der Waals surface area contributed by atoms with Crippen LogP contribution in [0.3, 0.4) is 0 Å². The molecule has 1 aromatic rings. The van der Waals surface area contributed by atoms with Crippen LogP contribution in [0.2, 0.25) is 0 Å². The van der Waals surface area contributed by atoms with Gasteiger partial charge in [-0.2, -0.15) is 0 Å². The second kappa shape index (κ2) is 22.1. The first-order valence-corrected chi connectivity index (χ1v) is 16.0. The second-order valence-corrected chi connectivity index (χ2v) is 11.5. The molecule has 0 bridgehead atoms. The summed E-state index contributed by atoms with van der Waals surface area (Å²) in [5.41, 5.74) is 1.81. The Balaban J connectivity index is 3.44. The number of aryl methyl sites for hydroxylation is 1. The molecule has 2 unspecified atom stereocenters. The molecule has 7 heteroatoms. The van der Waals surface area contributed by atoms with Crippen molar-refractivity contribution in [3.63, 3.8) is 0 Å². The molecule has 1 aromatic carbocycles. The van der Waals surface area contributed by atoms with Crippen molar-refractivity contribution in [1.82, 2.24) is 0 Å². The predicted octanol–water partition coefficient (Wildman–Crippen LogP) is 7.81. The van der Waals surface area contributed by atoms with Crippen LogP contribution in [0, 0.1) is 12.8 Å². The fourth-order valence-corrected chi connectivity index (χ4v) is 5.10. The third-order valence-electron chi connectivity index (χ3n) is 7.11. The summed E-state index contributed by atoms with van der Waals surface area (Å²) in [7, 11) is 1.64. The van der Waals surface area contributed by atoms with Crippen LogP contribution in [0.1, 0.15) is 103 Å². The van der Waals surface area contributed by atoms with E-state index in [1.54, 1.807) is 7.11 Å². The molecule has 228 valence electrons. The average molecular weight is 618 g/mol. The molecule has 0 saturated heterocycles. The molecular formula is C32H57BrO6. The van der Waals surface area contributed by atoms with Gasteiger partial charge in [-0.3, -0.25) is 0 Å². The minimum absolute atomic E-state index is 0.0756. The van der Waals surface area contributed by atoms with E-state index in [9.17, 15) is 5.11 Å². The molecule has 6 atom stereocenters. The zero-order valence-corrected chi connectivity index (χ0v) is 27.3. The lowest BCUT2D eigenvalue weighted by molar-refractivity contribution is -0.203. The Bertz CT molecular complexity index is 733. The van der Waals surface area contributed by atoms with Crippen molar-refractivity contribution >= 4 is 15.9 Å². The lowest BCUT2D eigenvalue weighted by Gasteiger charge is -2.41. The van der Waals surface area contributed by atoms with Crippen LogP contribution in [0.5, 0.6) is 0 Å². The second-order valence-electron chi connectivity index (χ2n) is 10.6. The maximum Gasteiger partial charge on any atom is 0.116 e. The van der Waals surface area contributed by atoms with Gasteiger partial charge in [0.05, 0.1) is 12.7 Å². The van der Waals surface area contributed by atoms with E-state index in [4.69, 9.17) is 23.7 Å². The van der Waals surface area contributed by atoms with Crippen molar-refractivity contribution in [3.8, 4) is 0 Å². The zero-order chi connectivity index (χ0) is 29.0. The molecule has 0 heterocycles. The molecule has 0 aliphatic rings. The van der Waals surface area contributed by atoms with Gasteiger partial charge in [0.2, 0.25) is 0 Å². The normalized spacial score (nSPS) is 16.5. The van der Waals surface area contributed by atoms with E-state index >= 15 is 0 Å². The Morgan fingerprint density at radius 3 is 1.72 bits per heavy atom. The van der Waals surface area contributed by atoms with E-state index in [1.165, 1.54) is 0 Å². The minimum Gasteiger partial charge on any atom is -0.386 e. The molecular weight excluding hydrogens is 560 g/mol. The fraction of sp³-hybridized carbons (Fsp3) is 0.812. The van der Waals surface area contributed by atoms with Gasteiger partial charge >= 0.3 is 0 Å². The van der Waals surface area contributed by atoms with Crippen LogP contribution >= 0.6 is 15.9 Å². The summed E-state index contributed by atoms with van der Waals surface area (Å²) < 4.78 is 32.8. The Labute approximate surface area is 247 Å². The van der Waals surface area contributed by atoms with E-state index in [1.807, 2.05) is 25.1 Å². The van der Waals surface area contributed by atoms with E-state index in [-0.39, 0.29) is 12.0 Å². The highest BCUT2D eigenvalue weighted by Crippen LogP contribution is 2.32. The number of rotatable bonds is 24. The standard InChI is InChI=1S/C32H57BrO6/c1-8-12-18-36-23-25(6)29(37-19-13-9-2)31(38-20-14-10-3)32(39-21-15-11-4)30(35-7)28(34)27-17-16-26(33)22-24(27)5/h16-17,22,25,28-32,34H,8-15,18-21,23H2,1-7H3/t25?,28-,29+,30+,31-,32?/m0/s1. The minimum atomic E-state index is -0.889. The van der Waals surface area contributed by atoms with Crippen LogP contribution < -0.4 is 0 Å². The Morgan fingerprint density at radius 2 is 1.23 bits per heavy atom. The summed E-state index contributed by atoms with van der Waals surface area (Å²) in [4.78, 5) is 0. The van der Waals surface area contributed by atoms with Crippen molar-refractivity contribution in [2.24, 2.45) is 5.92 Å².